The van der Waals surface area contributed by atoms with Gasteiger partial charge in [-0.15, -0.1) is 11.3 Å². The van der Waals surface area contributed by atoms with Crippen molar-refractivity contribution in [2.75, 3.05) is 18.9 Å². The highest BCUT2D eigenvalue weighted by atomic mass is 79.9. The second-order valence-electron chi connectivity index (χ2n) is 5.47. The minimum absolute atomic E-state index is 0.0419. The third kappa shape index (κ3) is 6.47. The largest absolute Gasteiger partial charge is 0.356 e. The molecule has 0 fully saturated rings. The molecule has 0 saturated carbocycles. The minimum atomic E-state index is -0.0419. The first kappa shape index (κ1) is 19.4. The molecule has 3 N–H and O–H groups in total. The predicted molar refractivity (Wildman–Crippen MR) is 107 cm³/mol. The van der Waals surface area contributed by atoms with Gasteiger partial charge in [0.05, 0.1) is 6.54 Å². The lowest BCUT2D eigenvalue weighted by atomic mass is 10.2. The summed E-state index contributed by atoms with van der Waals surface area (Å²) in [5, 5.41) is 10.3. The van der Waals surface area contributed by atoms with E-state index in [1.807, 2.05) is 38.2 Å². The number of benzene rings is 1. The Morgan fingerprint density at radius 1 is 1.32 bits per heavy atom. The fourth-order valence-corrected chi connectivity index (χ4v) is 3.19. The van der Waals surface area contributed by atoms with Crippen LogP contribution in [0.15, 0.2) is 33.9 Å². The van der Waals surface area contributed by atoms with Crippen molar-refractivity contribution in [2.45, 2.75) is 26.8 Å². The lowest BCUT2D eigenvalue weighted by Crippen LogP contribution is -2.38. The molecule has 0 spiro atoms. The summed E-state index contributed by atoms with van der Waals surface area (Å²) in [5.41, 5.74) is 1.85. The molecule has 6 nitrogen and oxygen atoms in total. The molecule has 1 heterocycles. The summed E-state index contributed by atoms with van der Waals surface area (Å²) >= 11 is 5.06. The first-order valence-corrected chi connectivity index (χ1v) is 9.50. The Bertz CT molecular complexity index is 759. The number of amides is 1. The van der Waals surface area contributed by atoms with Crippen LogP contribution in [0.2, 0.25) is 0 Å². The number of carbonyl (C=O) groups is 1. The maximum Gasteiger partial charge on any atom is 0.226 e. The van der Waals surface area contributed by atoms with Crippen LogP contribution >= 0.6 is 27.3 Å². The molecule has 2 aromatic rings. The highest BCUT2D eigenvalue weighted by molar-refractivity contribution is 9.10. The predicted octanol–water partition coefficient (Wildman–Crippen LogP) is 3.22. The molecule has 0 unspecified atom stereocenters. The number of hydrogen-bond donors (Lipinski definition) is 3. The van der Waals surface area contributed by atoms with Gasteiger partial charge in [-0.2, -0.15) is 0 Å². The van der Waals surface area contributed by atoms with Gasteiger partial charge >= 0.3 is 0 Å². The normalized spacial score (nSPS) is 11.3. The van der Waals surface area contributed by atoms with Crippen molar-refractivity contribution in [3.05, 3.63) is 44.3 Å². The number of nitrogens with zero attached hydrogens (tertiary/aromatic N) is 2. The third-order valence-corrected chi connectivity index (χ3v) is 4.82. The van der Waals surface area contributed by atoms with Gasteiger partial charge in [-0.25, -0.2) is 4.98 Å². The van der Waals surface area contributed by atoms with Crippen molar-refractivity contribution in [1.82, 2.24) is 15.6 Å². The molecule has 0 atom stereocenters. The standard InChI is InChI=1S/C17H22BrN5OS/c1-11-4-5-13(18)8-14(11)23-15(24)6-7-20-17(19-3)22-10-16-21-9-12(2)25-16/h4-5,8-9H,6-7,10H2,1-3H3,(H,23,24)(H2,19,20,22). The quantitative estimate of drug-likeness (QED) is 0.492. The third-order valence-electron chi connectivity index (χ3n) is 3.42. The molecule has 0 aliphatic rings. The molecule has 1 aromatic carbocycles. The van der Waals surface area contributed by atoms with Crippen LogP contribution in [0.5, 0.6) is 0 Å². The zero-order chi connectivity index (χ0) is 18.2. The van der Waals surface area contributed by atoms with Gasteiger partial charge in [0.15, 0.2) is 5.96 Å². The Morgan fingerprint density at radius 3 is 2.80 bits per heavy atom. The van der Waals surface area contributed by atoms with Gasteiger partial charge in [0.25, 0.3) is 0 Å². The molecular weight excluding hydrogens is 402 g/mol. The van der Waals surface area contributed by atoms with E-state index in [0.717, 1.165) is 20.7 Å². The van der Waals surface area contributed by atoms with Gasteiger partial charge in [0, 0.05) is 41.2 Å². The number of thiazole rings is 1. The lowest BCUT2D eigenvalue weighted by molar-refractivity contribution is -0.116. The molecule has 0 aliphatic carbocycles. The molecule has 0 saturated heterocycles. The highest BCUT2D eigenvalue weighted by Gasteiger charge is 2.06. The number of hydrogen-bond acceptors (Lipinski definition) is 4. The second kappa shape index (κ2) is 9.53. The molecule has 25 heavy (non-hydrogen) atoms. The number of aromatic nitrogens is 1. The van der Waals surface area contributed by atoms with Crippen LogP contribution in [0.3, 0.4) is 0 Å². The lowest BCUT2D eigenvalue weighted by Gasteiger charge is -2.12. The monoisotopic (exact) mass is 423 g/mol. The molecule has 134 valence electrons. The van der Waals surface area contributed by atoms with E-state index >= 15 is 0 Å². The van der Waals surface area contributed by atoms with Crippen molar-refractivity contribution in [1.29, 1.82) is 0 Å². The van der Waals surface area contributed by atoms with Crippen molar-refractivity contribution in [3.63, 3.8) is 0 Å². The summed E-state index contributed by atoms with van der Waals surface area (Å²) in [4.78, 5) is 21.7. The summed E-state index contributed by atoms with van der Waals surface area (Å²) in [6.45, 7) is 5.10. The Hall–Kier alpha value is -1.93. The summed E-state index contributed by atoms with van der Waals surface area (Å²) < 4.78 is 0.938. The zero-order valence-electron chi connectivity index (χ0n) is 14.5. The number of nitrogens with one attached hydrogen (secondary N) is 3. The number of anilines is 1. The smallest absolute Gasteiger partial charge is 0.226 e. The fourth-order valence-electron chi connectivity index (χ4n) is 2.10. The molecule has 0 bridgehead atoms. The van der Waals surface area contributed by atoms with Crippen LogP contribution in [0, 0.1) is 13.8 Å². The average molecular weight is 424 g/mol. The Morgan fingerprint density at radius 2 is 2.12 bits per heavy atom. The average Bonchev–Trinajstić information content (AvgIpc) is 2.99. The zero-order valence-corrected chi connectivity index (χ0v) is 16.9. The van der Waals surface area contributed by atoms with Crippen LogP contribution in [0.4, 0.5) is 5.69 Å². The van der Waals surface area contributed by atoms with Crippen molar-refractivity contribution in [2.24, 2.45) is 4.99 Å². The Balaban J connectivity index is 1.74. The van der Waals surface area contributed by atoms with Crippen LogP contribution in [0.25, 0.3) is 0 Å². The van der Waals surface area contributed by atoms with Crippen LogP contribution in [-0.4, -0.2) is 30.4 Å². The van der Waals surface area contributed by atoms with Gasteiger partial charge in [-0.1, -0.05) is 22.0 Å². The van der Waals surface area contributed by atoms with Crippen molar-refractivity contribution in [3.8, 4) is 0 Å². The highest BCUT2D eigenvalue weighted by Crippen LogP contribution is 2.20. The van der Waals surface area contributed by atoms with Crippen LogP contribution in [-0.2, 0) is 11.3 Å². The Labute approximate surface area is 160 Å². The maximum absolute atomic E-state index is 12.1. The summed E-state index contributed by atoms with van der Waals surface area (Å²) in [5.74, 6) is 0.610. The van der Waals surface area contributed by atoms with E-state index < -0.39 is 0 Å². The number of rotatable bonds is 6. The molecule has 0 aliphatic heterocycles. The number of guanidine groups is 1. The second-order valence-corrected chi connectivity index (χ2v) is 7.71. The topological polar surface area (TPSA) is 78.4 Å². The summed E-state index contributed by atoms with van der Waals surface area (Å²) in [6, 6.07) is 5.81. The number of aliphatic imine (C=N–C) groups is 1. The van der Waals surface area contributed by atoms with E-state index in [4.69, 9.17) is 0 Å². The summed E-state index contributed by atoms with van der Waals surface area (Å²) in [6.07, 6.45) is 2.20. The summed E-state index contributed by atoms with van der Waals surface area (Å²) in [7, 11) is 1.70. The Kier molecular flexibility index (Phi) is 7.39. The number of carbonyl (C=O) groups excluding carboxylic acids is 1. The first-order valence-electron chi connectivity index (χ1n) is 7.89. The first-order chi connectivity index (χ1) is 12.0. The molecule has 1 amide bonds. The van der Waals surface area contributed by atoms with Crippen LogP contribution in [0.1, 0.15) is 21.9 Å². The van der Waals surface area contributed by atoms with E-state index in [1.54, 1.807) is 18.4 Å². The van der Waals surface area contributed by atoms with Crippen molar-refractivity contribution < 1.29 is 4.79 Å². The van der Waals surface area contributed by atoms with Gasteiger partial charge in [0.2, 0.25) is 5.91 Å². The van der Waals surface area contributed by atoms with E-state index in [9.17, 15) is 4.79 Å². The van der Waals surface area contributed by atoms with E-state index in [-0.39, 0.29) is 5.91 Å². The SMILES string of the molecule is CN=C(NCCC(=O)Nc1cc(Br)ccc1C)NCc1ncc(C)s1. The van der Waals surface area contributed by atoms with Gasteiger partial charge in [0.1, 0.15) is 5.01 Å². The van der Waals surface area contributed by atoms with E-state index in [0.29, 0.717) is 25.5 Å². The molecule has 0 radical (unpaired) electrons. The van der Waals surface area contributed by atoms with Gasteiger partial charge in [-0.3, -0.25) is 9.79 Å². The van der Waals surface area contributed by atoms with Crippen molar-refractivity contribution >= 4 is 44.8 Å². The maximum atomic E-state index is 12.1. The minimum Gasteiger partial charge on any atom is -0.356 e. The van der Waals surface area contributed by atoms with Gasteiger partial charge in [-0.05, 0) is 31.5 Å². The molecular formula is C17H22BrN5OS. The number of aryl methyl sites for hydroxylation is 2. The van der Waals surface area contributed by atoms with Gasteiger partial charge < -0.3 is 16.0 Å². The molecule has 1 aromatic heterocycles. The number of halogens is 1. The molecule has 8 heteroatoms. The molecule has 2 rings (SSSR count). The fraction of sp³-hybridized carbons (Fsp3) is 0.353. The van der Waals surface area contributed by atoms with E-state index in [2.05, 4.69) is 41.9 Å². The van der Waals surface area contributed by atoms with Crippen LogP contribution < -0.4 is 16.0 Å². The van der Waals surface area contributed by atoms with E-state index in [1.165, 1.54) is 4.88 Å².